The minimum atomic E-state index is 0.720. The molecule has 0 aliphatic heterocycles. The average molecular weight is 152 g/mol. The molecule has 1 aliphatic carbocycles. The van der Waals surface area contributed by atoms with Gasteiger partial charge in [-0.05, 0) is 36.5 Å². The molecule has 1 heteroatoms. The number of hydrogen-bond donors (Lipinski definition) is 0. The summed E-state index contributed by atoms with van der Waals surface area (Å²) in [7, 11) is 0. The van der Waals surface area contributed by atoms with Crippen LogP contribution in [0.3, 0.4) is 0 Å². The average Bonchev–Trinajstić information content (AvgIpc) is 2.71. The van der Waals surface area contributed by atoms with Crippen molar-refractivity contribution in [1.82, 2.24) is 0 Å². The van der Waals surface area contributed by atoms with Crippen LogP contribution in [0.4, 0.5) is 0 Å². The van der Waals surface area contributed by atoms with Crippen molar-refractivity contribution in [1.29, 1.82) is 0 Å². The molecule has 1 radical (unpaired) electrons. The molecule has 0 amide bonds. The molecule has 1 unspecified atom stereocenters. The van der Waals surface area contributed by atoms with Crippen molar-refractivity contribution in [2.75, 3.05) is 0 Å². The minimum Gasteiger partial charge on any atom is -0.0843 e. The molecule has 2 rings (SSSR count). The largest absolute Gasteiger partial charge is 0.0843 e. The number of halogens is 1. The van der Waals surface area contributed by atoms with Gasteiger partial charge in [0, 0.05) is 5.02 Å². The van der Waals surface area contributed by atoms with E-state index in [1.807, 2.05) is 12.1 Å². The lowest BCUT2D eigenvalue weighted by molar-refractivity contribution is 1.16. The quantitative estimate of drug-likeness (QED) is 0.579. The summed E-state index contributed by atoms with van der Waals surface area (Å²) in [4.78, 5) is 0. The lowest BCUT2D eigenvalue weighted by Crippen LogP contribution is -1.75. The fraction of sp³-hybridized carbons (Fsp3) is 0.222. The third-order valence-corrected chi connectivity index (χ3v) is 2.02. The Morgan fingerprint density at radius 1 is 1.20 bits per heavy atom. The van der Waals surface area contributed by atoms with E-state index in [9.17, 15) is 0 Å². The number of rotatable bonds is 1. The van der Waals surface area contributed by atoms with Gasteiger partial charge in [0.05, 0.1) is 0 Å². The van der Waals surface area contributed by atoms with Crippen LogP contribution in [0.5, 0.6) is 0 Å². The van der Waals surface area contributed by atoms with Gasteiger partial charge in [0.1, 0.15) is 0 Å². The van der Waals surface area contributed by atoms with Gasteiger partial charge in [-0.3, -0.25) is 0 Å². The second-order valence-corrected chi connectivity index (χ2v) is 3.07. The van der Waals surface area contributed by atoms with Crippen molar-refractivity contribution >= 4 is 11.6 Å². The van der Waals surface area contributed by atoms with Gasteiger partial charge < -0.3 is 0 Å². The standard InChI is InChI=1S/C9H8Cl/c10-9-5-3-8(4-6-9)7-1-2-7/h1,3-7H,2H2. The molecule has 0 nitrogen and oxygen atoms in total. The maximum Gasteiger partial charge on any atom is 0.0406 e. The third kappa shape index (κ3) is 1.17. The van der Waals surface area contributed by atoms with Gasteiger partial charge in [-0.25, -0.2) is 0 Å². The first kappa shape index (κ1) is 6.23. The Bertz CT molecular complexity index is 221. The van der Waals surface area contributed by atoms with Gasteiger partial charge >= 0.3 is 0 Å². The van der Waals surface area contributed by atoms with Crippen molar-refractivity contribution < 1.29 is 0 Å². The van der Waals surface area contributed by atoms with Crippen LogP contribution < -0.4 is 0 Å². The smallest absolute Gasteiger partial charge is 0.0406 e. The molecule has 0 bridgehead atoms. The Balaban J connectivity index is 2.28. The molecule has 1 atom stereocenters. The highest BCUT2D eigenvalue weighted by Gasteiger charge is 2.23. The zero-order valence-corrected chi connectivity index (χ0v) is 6.31. The predicted molar refractivity (Wildman–Crippen MR) is 43.1 cm³/mol. The molecular weight excluding hydrogens is 144 g/mol. The van der Waals surface area contributed by atoms with Crippen molar-refractivity contribution in [2.24, 2.45) is 0 Å². The van der Waals surface area contributed by atoms with Crippen molar-refractivity contribution in [3.05, 3.63) is 41.3 Å². The Morgan fingerprint density at radius 2 is 1.80 bits per heavy atom. The summed E-state index contributed by atoms with van der Waals surface area (Å²) in [5, 5.41) is 0.824. The summed E-state index contributed by atoms with van der Waals surface area (Å²) in [6.45, 7) is 0. The van der Waals surface area contributed by atoms with Gasteiger partial charge in [-0.1, -0.05) is 23.7 Å². The highest BCUT2D eigenvalue weighted by Crippen LogP contribution is 2.38. The van der Waals surface area contributed by atoms with Gasteiger partial charge in [0.25, 0.3) is 0 Å². The maximum absolute atomic E-state index is 5.73. The van der Waals surface area contributed by atoms with Crippen LogP contribution >= 0.6 is 11.6 Å². The highest BCUT2D eigenvalue weighted by molar-refractivity contribution is 6.30. The molecule has 1 fully saturated rings. The first-order valence-corrected chi connectivity index (χ1v) is 3.83. The summed E-state index contributed by atoms with van der Waals surface area (Å²) in [5.74, 6) is 0.720. The SMILES string of the molecule is Clc1ccc(C2[CH]C2)cc1. The topological polar surface area (TPSA) is 0 Å². The lowest BCUT2D eigenvalue weighted by Gasteiger charge is -1.95. The van der Waals surface area contributed by atoms with Crippen molar-refractivity contribution in [3.8, 4) is 0 Å². The fourth-order valence-corrected chi connectivity index (χ4v) is 1.18. The summed E-state index contributed by atoms with van der Waals surface area (Å²) >= 11 is 5.73. The molecule has 0 heterocycles. The van der Waals surface area contributed by atoms with Crippen LogP contribution in [-0.2, 0) is 0 Å². The molecule has 0 aromatic heterocycles. The van der Waals surface area contributed by atoms with E-state index in [1.54, 1.807) is 0 Å². The Labute approximate surface area is 65.8 Å². The summed E-state index contributed by atoms with van der Waals surface area (Å²) in [5.41, 5.74) is 1.39. The predicted octanol–water partition coefficient (Wildman–Crippen LogP) is 3.03. The van der Waals surface area contributed by atoms with Crippen LogP contribution in [0.15, 0.2) is 24.3 Å². The van der Waals surface area contributed by atoms with E-state index in [1.165, 1.54) is 12.0 Å². The second kappa shape index (κ2) is 2.28. The molecule has 0 N–H and O–H groups in total. The molecular formula is C9H8Cl. The molecule has 0 saturated heterocycles. The summed E-state index contributed by atoms with van der Waals surface area (Å²) in [6, 6.07) is 8.08. The van der Waals surface area contributed by atoms with Crippen LogP contribution in [0.25, 0.3) is 0 Å². The fourth-order valence-electron chi connectivity index (χ4n) is 1.05. The van der Waals surface area contributed by atoms with E-state index in [2.05, 4.69) is 18.6 Å². The van der Waals surface area contributed by atoms with E-state index in [0.717, 1.165) is 10.9 Å². The van der Waals surface area contributed by atoms with E-state index in [0.29, 0.717) is 0 Å². The minimum absolute atomic E-state index is 0.720. The molecule has 10 heavy (non-hydrogen) atoms. The van der Waals surface area contributed by atoms with Gasteiger partial charge in [-0.2, -0.15) is 0 Å². The van der Waals surface area contributed by atoms with E-state index in [4.69, 9.17) is 11.6 Å². The first-order valence-electron chi connectivity index (χ1n) is 3.45. The van der Waals surface area contributed by atoms with Crippen LogP contribution in [-0.4, -0.2) is 0 Å². The molecule has 1 aliphatic rings. The monoisotopic (exact) mass is 151 g/mol. The second-order valence-electron chi connectivity index (χ2n) is 2.63. The maximum atomic E-state index is 5.73. The zero-order valence-electron chi connectivity index (χ0n) is 5.55. The third-order valence-electron chi connectivity index (χ3n) is 1.77. The summed E-state index contributed by atoms with van der Waals surface area (Å²) in [6.07, 6.45) is 3.53. The van der Waals surface area contributed by atoms with E-state index < -0.39 is 0 Å². The van der Waals surface area contributed by atoms with Crippen molar-refractivity contribution in [3.63, 3.8) is 0 Å². The molecule has 1 saturated carbocycles. The number of benzene rings is 1. The van der Waals surface area contributed by atoms with Crippen LogP contribution in [0.2, 0.25) is 5.02 Å². The molecule has 0 spiro atoms. The molecule has 1 aromatic rings. The van der Waals surface area contributed by atoms with Gasteiger partial charge in [-0.15, -0.1) is 0 Å². The molecule has 51 valence electrons. The lowest BCUT2D eigenvalue weighted by atomic mass is 10.1. The van der Waals surface area contributed by atoms with Crippen molar-refractivity contribution in [2.45, 2.75) is 12.3 Å². The van der Waals surface area contributed by atoms with Crippen LogP contribution in [0.1, 0.15) is 17.9 Å². The Hall–Kier alpha value is -0.490. The Morgan fingerprint density at radius 3 is 2.30 bits per heavy atom. The van der Waals surface area contributed by atoms with E-state index >= 15 is 0 Å². The van der Waals surface area contributed by atoms with E-state index in [-0.39, 0.29) is 0 Å². The highest BCUT2D eigenvalue weighted by atomic mass is 35.5. The van der Waals surface area contributed by atoms with Gasteiger partial charge in [0.2, 0.25) is 0 Å². The Kier molecular flexibility index (Phi) is 1.42. The summed E-state index contributed by atoms with van der Waals surface area (Å²) < 4.78 is 0. The van der Waals surface area contributed by atoms with Crippen LogP contribution in [0, 0.1) is 6.42 Å². The van der Waals surface area contributed by atoms with Gasteiger partial charge in [0.15, 0.2) is 0 Å². The first-order chi connectivity index (χ1) is 4.86. The zero-order chi connectivity index (χ0) is 6.97. The molecule has 1 aromatic carbocycles. The number of hydrogen-bond acceptors (Lipinski definition) is 0. The normalized spacial score (nSPS) is 17.3.